The normalized spacial score (nSPS) is 12.5. The summed E-state index contributed by atoms with van der Waals surface area (Å²) in [5.41, 5.74) is 6.08. The van der Waals surface area contributed by atoms with Gasteiger partial charge >= 0.3 is 0 Å². The summed E-state index contributed by atoms with van der Waals surface area (Å²) in [4.78, 5) is 0. The highest BCUT2D eigenvalue weighted by Crippen LogP contribution is 2.33. The van der Waals surface area contributed by atoms with Crippen LogP contribution in [0.3, 0.4) is 0 Å². The van der Waals surface area contributed by atoms with Crippen LogP contribution in [0.5, 0.6) is 11.5 Å². The Kier molecular flexibility index (Phi) is 3.73. The molecule has 0 fully saturated rings. The van der Waals surface area contributed by atoms with Gasteiger partial charge in [0.1, 0.15) is 0 Å². The summed E-state index contributed by atoms with van der Waals surface area (Å²) in [6.45, 7) is 0.203. The first-order chi connectivity index (χ1) is 6.74. The maximum atomic E-state index is 9.73. The molecule has 0 saturated carbocycles. The van der Waals surface area contributed by atoms with Gasteiger partial charge in [-0.05, 0) is 6.07 Å². The van der Waals surface area contributed by atoms with E-state index < -0.39 is 0 Å². The van der Waals surface area contributed by atoms with E-state index in [9.17, 15) is 5.11 Å². The fourth-order valence-corrected chi connectivity index (χ4v) is 1.33. The van der Waals surface area contributed by atoms with Crippen LogP contribution in [0.1, 0.15) is 11.5 Å². The molecule has 4 N–H and O–H groups in total. The second-order valence-corrected chi connectivity index (χ2v) is 3.01. The van der Waals surface area contributed by atoms with Crippen LogP contribution in [0.25, 0.3) is 0 Å². The standard InChI is InChI=1S/C10H15NO3/c1-14-9-4-2-3-8(10(9)13)7(5-11)6-12/h2-4,7,12-13H,5-6,11H2,1H3. The van der Waals surface area contributed by atoms with Crippen molar-refractivity contribution in [2.24, 2.45) is 5.73 Å². The fraction of sp³-hybridized carbons (Fsp3) is 0.400. The zero-order valence-electron chi connectivity index (χ0n) is 8.10. The summed E-state index contributed by atoms with van der Waals surface area (Å²) in [6, 6.07) is 5.14. The van der Waals surface area contributed by atoms with Crippen molar-refractivity contribution in [1.82, 2.24) is 0 Å². The number of methoxy groups -OCH3 is 1. The second-order valence-electron chi connectivity index (χ2n) is 3.01. The first-order valence-corrected chi connectivity index (χ1v) is 4.41. The molecule has 0 aliphatic rings. The zero-order chi connectivity index (χ0) is 10.6. The zero-order valence-corrected chi connectivity index (χ0v) is 8.10. The predicted molar refractivity (Wildman–Crippen MR) is 53.5 cm³/mol. The molecule has 1 aromatic rings. The Balaban J connectivity index is 3.07. The number of hydrogen-bond acceptors (Lipinski definition) is 4. The Labute approximate surface area is 82.9 Å². The average Bonchev–Trinajstić information content (AvgIpc) is 2.22. The molecule has 14 heavy (non-hydrogen) atoms. The lowest BCUT2D eigenvalue weighted by Crippen LogP contribution is -2.16. The quantitative estimate of drug-likeness (QED) is 0.654. The highest BCUT2D eigenvalue weighted by atomic mass is 16.5. The molecular weight excluding hydrogens is 182 g/mol. The number of aliphatic hydroxyl groups excluding tert-OH is 1. The van der Waals surface area contributed by atoms with Crippen molar-refractivity contribution >= 4 is 0 Å². The second kappa shape index (κ2) is 4.83. The molecule has 0 saturated heterocycles. The number of ether oxygens (including phenoxy) is 1. The predicted octanol–water partition coefficient (Wildman–Crippen LogP) is 0.435. The minimum Gasteiger partial charge on any atom is -0.504 e. The van der Waals surface area contributed by atoms with Gasteiger partial charge in [-0.2, -0.15) is 0 Å². The largest absolute Gasteiger partial charge is 0.504 e. The minimum absolute atomic E-state index is 0.0551. The molecule has 0 spiro atoms. The van der Waals surface area contributed by atoms with Crippen LogP contribution in [-0.2, 0) is 0 Å². The van der Waals surface area contributed by atoms with Crippen LogP contribution in [0.4, 0.5) is 0 Å². The van der Waals surface area contributed by atoms with Crippen molar-refractivity contribution in [3.05, 3.63) is 23.8 Å². The van der Waals surface area contributed by atoms with Gasteiger partial charge in [-0.15, -0.1) is 0 Å². The van der Waals surface area contributed by atoms with Crippen LogP contribution in [0.15, 0.2) is 18.2 Å². The third-order valence-corrected chi connectivity index (χ3v) is 2.19. The molecule has 0 bridgehead atoms. The fourth-order valence-electron chi connectivity index (χ4n) is 1.33. The summed E-state index contributed by atoms with van der Waals surface area (Å²) in [7, 11) is 1.48. The average molecular weight is 197 g/mol. The van der Waals surface area contributed by atoms with Gasteiger partial charge in [-0.25, -0.2) is 0 Å². The smallest absolute Gasteiger partial charge is 0.161 e. The molecular formula is C10H15NO3. The number of aromatic hydroxyl groups is 1. The molecule has 0 amide bonds. The van der Waals surface area contributed by atoms with E-state index in [0.29, 0.717) is 11.3 Å². The molecule has 1 aromatic carbocycles. The number of aliphatic hydroxyl groups is 1. The summed E-state index contributed by atoms with van der Waals surface area (Å²) in [5.74, 6) is 0.207. The van der Waals surface area contributed by atoms with Crippen molar-refractivity contribution in [3.8, 4) is 11.5 Å². The van der Waals surface area contributed by atoms with E-state index in [1.165, 1.54) is 7.11 Å². The summed E-state index contributed by atoms with van der Waals surface area (Å²) >= 11 is 0. The number of rotatable bonds is 4. The van der Waals surface area contributed by atoms with Gasteiger partial charge < -0.3 is 20.7 Å². The lowest BCUT2D eigenvalue weighted by molar-refractivity contribution is 0.264. The van der Waals surface area contributed by atoms with E-state index in [1.54, 1.807) is 18.2 Å². The molecule has 1 rings (SSSR count). The number of hydrogen-bond donors (Lipinski definition) is 3. The Morgan fingerprint density at radius 1 is 1.50 bits per heavy atom. The van der Waals surface area contributed by atoms with Gasteiger partial charge in [0, 0.05) is 18.0 Å². The number of nitrogens with two attached hydrogens (primary N) is 1. The van der Waals surface area contributed by atoms with Crippen molar-refractivity contribution in [2.75, 3.05) is 20.3 Å². The molecule has 1 atom stereocenters. The summed E-state index contributed by atoms with van der Waals surface area (Å²) in [6.07, 6.45) is 0. The van der Waals surface area contributed by atoms with E-state index in [-0.39, 0.29) is 24.8 Å². The molecule has 0 aliphatic carbocycles. The Bertz CT molecular complexity index is 297. The van der Waals surface area contributed by atoms with Crippen LogP contribution in [0.2, 0.25) is 0 Å². The van der Waals surface area contributed by atoms with E-state index in [1.807, 2.05) is 0 Å². The van der Waals surface area contributed by atoms with E-state index in [2.05, 4.69) is 0 Å². The van der Waals surface area contributed by atoms with Crippen molar-refractivity contribution in [3.63, 3.8) is 0 Å². The van der Waals surface area contributed by atoms with Gasteiger partial charge in [0.2, 0.25) is 0 Å². The molecule has 1 unspecified atom stereocenters. The molecule has 78 valence electrons. The van der Waals surface area contributed by atoms with Gasteiger partial charge in [0.05, 0.1) is 13.7 Å². The van der Waals surface area contributed by atoms with Gasteiger partial charge in [0.15, 0.2) is 11.5 Å². The molecule has 4 nitrogen and oxygen atoms in total. The first-order valence-electron chi connectivity index (χ1n) is 4.41. The lowest BCUT2D eigenvalue weighted by atomic mass is 9.99. The van der Waals surface area contributed by atoms with E-state index in [4.69, 9.17) is 15.6 Å². The van der Waals surface area contributed by atoms with Crippen LogP contribution >= 0.6 is 0 Å². The molecule has 4 heteroatoms. The number of phenols is 1. The summed E-state index contributed by atoms with van der Waals surface area (Å²) in [5, 5.41) is 18.8. The number of benzene rings is 1. The molecule has 0 aliphatic heterocycles. The Morgan fingerprint density at radius 2 is 2.21 bits per heavy atom. The van der Waals surface area contributed by atoms with E-state index in [0.717, 1.165) is 0 Å². The van der Waals surface area contributed by atoms with Crippen molar-refractivity contribution in [2.45, 2.75) is 5.92 Å². The van der Waals surface area contributed by atoms with Gasteiger partial charge in [-0.3, -0.25) is 0 Å². The maximum absolute atomic E-state index is 9.73. The monoisotopic (exact) mass is 197 g/mol. The topological polar surface area (TPSA) is 75.7 Å². The number of phenolic OH excluding ortho intramolecular Hbond substituents is 1. The highest BCUT2D eigenvalue weighted by molar-refractivity contribution is 5.47. The molecule has 0 heterocycles. The third kappa shape index (κ3) is 1.97. The first kappa shape index (κ1) is 10.8. The SMILES string of the molecule is COc1cccc(C(CN)CO)c1O. The number of para-hydroxylation sites is 1. The Morgan fingerprint density at radius 3 is 2.71 bits per heavy atom. The molecule has 0 aromatic heterocycles. The van der Waals surface area contributed by atoms with Gasteiger partial charge in [-0.1, -0.05) is 12.1 Å². The maximum Gasteiger partial charge on any atom is 0.161 e. The molecule has 0 radical (unpaired) electrons. The lowest BCUT2D eigenvalue weighted by Gasteiger charge is -2.15. The summed E-state index contributed by atoms with van der Waals surface area (Å²) < 4.78 is 4.95. The van der Waals surface area contributed by atoms with E-state index >= 15 is 0 Å². The third-order valence-electron chi connectivity index (χ3n) is 2.19. The van der Waals surface area contributed by atoms with Crippen molar-refractivity contribution in [1.29, 1.82) is 0 Å². The highest BCUT2D eigenvalue weighted by Gasteiger charge is 2.15. The Hall–Kier alpha value is -1.26. The van der Waals surface area contributed by atoms with Crippen LogP contribution in [-0.4, -0.2) is 30.5 Å². The van der Waals surface area contributed by atoms with Gasteiger partial charge in [0.25, 0.3) is 0 Å². The van der Waals surface area contributed by atoms with Crippen LogP contribution < -0.4 is 10.5 Å². The van der Waals surface area contributed by atoms with Crippen molar-refractivity contribution < 1.29 is 14.9 Å². The van der Waals surface area contributed by atoms with Crippen LogP contribution in [0, 0.1) is 0 Å². The minimum atomic E-state index is -0.245.